The Kier molecular flexibility index (Phi) is 6.44. The van der Waals surface area contributed by atoms with E-state index < -0.39 is 18.8 Å². The number of aliphatic imine (C=N–C) groups is 6. The molecule has 202 valence electrons. The van der Waals surface area contributed by atoms with Gasteiger partial charge in [0.1, 0.15) is 11.5 Å². The van der Waals surface area contributed by atoms with Gasteiger partial charge in [0.15, 0.2) is 18.3 Å². The molecule has 10 nitrogen and oxygen atoms in total. The van der Waals surface area contributed by atoms with E-state index in [0.717, 1.165) is 22.3 Å². The lowest BCUT2D eigenvalue weighted by Crippen LogP contribution is -2.48. The highest BCUT2D eigenvalue weighted by Crippen LogP contribution is 2.29. The SMILES string of the molecule is COc1cc(C)c(C2=NC3=NC(OCC(F)(F)F)=NC4=NC(c5c(C)cc(OC)cc5C)=NC(=N2)N34)c(C)c1. The van der Waals surface area contributed by atoms with E-state index >= 15 is 0 Å². The summed E-state index contributed by atoms with van der Waals surface area (Å²) in [6.07, 6.45) is -4.58. The van der Waals surface area contributed by atoms with Crippen molar-refractivity contribution in [2.45, 2.75) is 33.9 Å². The standard InChI is InChI=1S/C26H24F3N7O3/c1-12-7-16(37-5)8-13(2)18(12)20-30-22-31-21(19-14(3)9-17(38-6)10-15(19)4)33-24-35-25(39-11-26(27,28)29)34-23(32-20)36(22)24/h7-10H,11H2,1-6H3. The predicted molar refractivity (Wildman–Crippen MR) is 142 cm³/mol. The van der Waals surface area contributed by atoms with Gasteiger partial charge < -0.3 is 14.2 Å². The summed E-state index contributed by atoms with van der Waals surface area (Å²) in [6, 6.07) is 6.84. The van der Waals surface area contributed by atoms with Crippen LogP contribution in [0.1, 0.15) is 33.4 Å². The van der Waals surface area contributed by atoms with E-state index in [0.29, 0.717) is 22.6 Å². The van der Waals surface area contributed by atoms with Crippen molar-refractivity contribution in [2.75, 3.05) is 20.8 Å². The molecule has 2 aromatic carbocycles. The third-order valence-electron chi connectivity index (χ3n) is 6.11. The molecule has 0 aromatic heterocycles. The minimum atomic E-state index is -4.58. The Bertz CT molecular complexity index is 1460. The molecule has 0 atom stereocenters. The molecule has 0 unspecified atom stereocenters. The second-order valence-electron chi connectivity index (χ2n) is 9.01. The molecule has 2 aromatic rings. The second-order valence-corrected chi connectivity index (χ2v) is 9.01. The third-order valence-corrected chi connectivity index (χ3v) is 6.11. The van der Waals surface area contributed by atoms with E-state index in [1.54, 1.807) is 14.2 Å². The zero-order chi connectivity index (χ0) is 28.1. The number of nitrogens with zero attached hydrogens (tertiary/aromatic N) is 7. The first-order chi connectivity index (χ1) is 18.5. The molecule has 0 spiro atoms. The molecule has 0 fully saturated rings. The van der Waals surface area contributed by atoms with E-state index in [2.05, 4.69) is 20.0 Å². The van der Waals surface area contributed by atoms with Gasteiger partial charge in [-0.15, -0.1) is 0 Å². The predicted octanol–water partition coefficient (Wildman–Crippen LogP) is 4.48. The Morgan fingerprint density at radius 3 is 1.46 bits per heavy atom. The van der Waals surface area contributed by atoms with Gasteiger partial charge in [-0.2, -0.15) is 43.1 Å². The Hall–Kier alpha value is -4.55. The van der Waals surface area contributed by atoms with Gasteiger partial charge in [-0.3, -0.25) is 0 Å². The lowest BCUT2D eigenvalue weighted by atomic mass is 10.0. The summed E-state index contributed by atoms with van der Waals surface area (Å²) in [5, 5.41) is 0. The molecule has 39 heavy (non-hydrogen) atoms. The van der Waals surface area contributed by atoms with Gasteiger partial charge in [-0.05, 0) is 74.2 Å². The van der Waals surface area contributed by atoms with Gasteiger partial charge in [0.05, 0.1) is 14.2 Å². The van der Waals surface area contributed by atoms with Gasteiger partial charge in [0, 0.05) is 11.1 Å². The lowest BCUT2D eigenvalue weighted by molar-refractivity contribution is -0.156. The average Bonchev–Trinajstić information content (AvgIpc) is 2.85. The quantitative estimate of drug-likeness (QED) is 0.559. The minimum Gasteiger partial charge on any atom is -0.497 e. The number of guanidine groups is 3. The number of aryl methyl sites for hydroxylation is 4. The molecule has 0 saturated carbocycles. The van der Waals surface area contributed by atoms with E-state index in [1.807, 2.05) is 52.0 Å². The van der Waals surface area contributed by atoms with Crippen LogP contribution in [0, 0.1) is 27.7 Å². The van der Waals surface area contributed by atoms with Crippen LogP contribution in [0.3, 0.4) is 0 Å². The fraction of sp³-hybridized carbons (Fsp3) is 0.308. The van der Waals surface area contributed by atoms with Crippen LogP contribution < -0.4 is 9.47 Å². The highest BCUT2D eigenvalue weighted by Gasteiger charge is 2.38. The smallest absolute Gasteiger partial charge is 0.422 e. The molecule has 0 amide bonds. The van der Waals surface area contributed by atoms with Crippen molar-refractivity contribution >= 4 is 35.6 Å². The van der Waals surface area contributed by atoms with Gasteiger partial charge in [-0.1, -0.05) is 0 Å². The highest BCUT2D eigenvalue weighted by molar-refractivity contribution is 6.33. The Labute approximate surface area is 222 Å². The number of methoxy groups -OCH3 is 2. The van der Waals surface area contributed by atoms with E-state index in [9.17, 15) is 13.2 Å². The van der Waals surface area contributed by atoms with Crippen molar-refractivity contribution in [3.05, 3.63) is 57.6 Å². The fourth-order valence-electron chi connectivity index (χ4n) is 4.49. The van der Waals surface area contributed by atoms with Crippen LogP contribution in [0.15, 0.2) is 54.2 Å². The molecule has 0 N–H and O–H groups in total. The molecule has 0 radical (unpaired) electrons. The molecular formula is C26H24F3N7O3. The van der Waals surface area contributed by atoms with Crippen LogP contribution in [0.5, 0.6) is 11.5 Å². The summed E-state index contributed by atoms with van der Waals surface area (Å²) in [4.78, 5) is 28.1. The van der Waals surface area contributed by atoms with Crippen molar-refractivity contribution in [2.24, 2.45) is 30.0 Å². The van der Waals surface area contributed by atoms with Crippen LogP contribution in [-0.4, -0.2) is 67.5 Å². The topological polar surface area (TPSA) is 105 Å². The maximum atomic E-state index is 12.9. The number of hydrogen-bond acceptors (Lipinski definition) is 10. The van der Waals surface area contributed by atoms with Gasteiger partial charge in [0.2, 0.25) is 17.9 Å². The number of amidine groups is 3. The number of alkyl halides is 3. The second kappa shape index (κ2) is 9.64. The zero-order valence-corrected chi connectivity index (χ0v) is 22.0. The summed E-state index contributed by atoms with van der Waals surface area (Å²) < 4.78 is 54.3. The van der Waals surface area contributed by atoms with Gasteiger partial charge in [-0.25, -0.2) is 4.90 Å². The first kappa shape index (κ1) is 26.1. The summed E-state index contributed by atoms with van der Waals surface area (Å²) >= 11 is 0. The Morgan fingerprint density at radius 1 is 0.641 bits per heavy atom. The maximum Gasteiger partial charge on any atom is 0.422 e. The number of rotatable bonds is 5. The van der Waals surface area contributed by atoms with Crippen molar-refractivity contribution in [1.82, 2.24) is 4.90 Å². The van der Waals surface area contributed by atoms with Crippen LogP contribution in [0.2, 0.25) is 0 Å². The van der Waals surface area contributed by atoms with Crippen LogP contribution in [0.25, 0.3) is 0 Å². The molecule has 0 bridgehead atoms. The van der Waals surface area contributed by atoms with Gasteiger partial charge >= 0.3 is 12.2 Å². The lowest BCUT2D eigenvalue weighted by Gasteiger charge is -2.31. The van der Waals surface area contributed by atoms with E-state index in [-0.39, 0.29) is 29.5 Å². The number of halogens is 3. The van der Waals surface area contributed by atoms with Crippen LogP contribution in [-0.2, 0) is 4.74 Å². The van der Waals surface area contributed by atoms with Crippen molar-refractivity contribution in [1.29, 1.82) is 0 Å². The van der Waals surface area contributed by atoms with Crippen molar-refractivity contribution in [3.8, 4) is 11.5 Å². The highest BCUT2D eigenvalue weighted by atomic mass is 19.4. The van der Waals surface area contributed by atoms with Crippen LogP contribution in [0.4, 0.5) is 13.2 Å². The summed E-state index contributed by atoms with van der Waals surface area (Å²) in [5.74, 6) is 2.04. The van der Waals surface area contributed by atoms with Crippen molar-refractivity contribution < 1.29 is 27.4 Å². The molecule has 3 heterocycles. The summed E-state index contributed by atoms with van der Waals surface area (Å²) in [7, 11) is 3.15. The summed E-state index contributed by atoms with van der Waals surface area (Å²) in [6.45, 7) is 5.97. The molecule has 0 saturated heterocycles. The number of ether oxygens (including phenoxy) is 3. The Balaban J connectivity index is 1.69. The molecular weight excluding hydrogens is 515 g/mol. The van der Waals surface area contributed by atoms with Crippen LogP contribution >= 0.6 is 0 Å². The minimum absolute atomic E-state index is 0.0125. The first-order valence-corrected chi connectivity index (χ1v) is 11.8. The first-order valence-electron chi connectivity index (χ1n) is 11.8. The largest absolute Gasteiger partial charge is 0.497 e. The molecule has 13 heteroatoms. The van der Waals surface area contributed by atoms with Gasteiger partial charge in [0.25, 0.3) is 0 Å². The van der Waals surface area contributed by atoms with Crippen molar-refractivity contribution in [3.63, 3.8) is 0 Å². The fourth-order valence-corrected chi connectivity index (χ4v) is 4.49. The third kappa shape index (κ3) is 4.99. The number of benzene rings is 2. The average molecular weight is 540 g/mol. The maximum absolute atomic E-state index is 12.9. The van der Waals surface area contributed by atoms with E-state index in [4.69, 9.17) is 24.2 Å². The molecule has 3 aliphatic rings. The monoisotopic (exact) mass is 539 g/mol. The molecule has 3 aliphatic heterocycles. The molecule has 5 rings (SSSR count). The van der Waals surface area contributed by atoms with E-state index in [1.165, 1.54) is 4.90 Å². The zero-order valence-electron chi connectivity index (χ0n) is 22.0. The molecule has 0 aliphatic carbocycles. The Morgan fingerprint density at radius 2 is 1.05 bits per heavy atom. The summed E-state index contributed by atoms with van der Waals surface area (Å²) in [5.41, 5.74) is 4.75. The number of hydrogen-bond donors (Lipinski definition) is 0. The normalized spacial score (nSPS) is 16.3.